The topological polar surface area (TPSA) is 70.0 Å². The van der Waals surface area contributed by atoms with Crippen LogP contribution in [0.3, 0.4) is 0 Å². The van der Waals surface area contributed by atoms with Crippen molar-refractivity contribution in [3.05, 3.63) is 104 Å². The molecule has 3 rings (SSSR count). The normalized spacial score (nSPS) is 12.1. The molecule has 0 spiro atoms. The number of rotatable bonds is 7. The minimum Gasteiger partial charge on any atom is -0.348 e. The molecule has 0 aromatic heterocycles. The number of allylic oxidation sites excluding steroid dienone is 1. The van der Waals surface area contributed by atoms with Gasteiger partial charge in [-0.2, -0.15) is 5.26 Å². The molecule has 31 heavy (non-hydrogen) atoms. The number of nitrogens with one attached hydrogen (secondary N) is 1. The molecule has 0 amide bonds. The molecule has 0 aliphatic heterocycles. The molecule has 0 radical (unpaired) electrons. The first kappa shape index (κ1) is 23.0. The number of hydrogen-bond donors (Lipinski definition) is 1. The summed E-state index contributed by atoms with van der Waals surface area (Å²) in [7, 11) is -4.00. The molecule has 0 saturated carbocycles. The lowest BCUT2D eigenvalue weighted by molar-refractivity contribution is 0.603. The number of sulfone groups is 1. The Balaban J connectivity index is 2.08. The first-order valence-electron chi connectivity index (χ1n) is 9.48. The van der Waals surface area contributed by atoms with Crippen LogP contribution in [0.2, 0.25) is 5.02 Å². The van der Waals surface area contributed by atoms with Crippen molar-refractivity contribution < 1.29 is 8.42 Å². The summed E-state index contributed by atoms with van der Waals surface area (Å²) in [6, 6.07) is 23.2. The van der Waals surface area contributed by atoms with Gasteiger partial charge >= 0.3 is 0 Å². The molecule has 0 atom stereocenters. The van der Waals surface area contributed by atoms with Crippen molar-refractivity contribution in [3.63, 3.8) is 0 Å². The third-order valence-electron chi connectivity index (χ3n) is 4.61. The fraction of sp³-hybridized carbons (Fsp3) is 0.125. The average molecular weight is 469 g/mol. The molecule has 0 saturated heterocycles. The molecule has 0 unspecified atom stereocenters. The Kier molecular flexibility index (Phi) is 7.45. The van der Waals surface area contributed by atoms with Gasteiger partial charge < -0.3 is 5.32 Å². The maximum atomic E-state index is 13.3. The van der Waals surface area contributed by atoms with E-state index in [-0.39, 0.29) is 14.8 Å². The van der Waals surface area contributed by atoms with Crippen molar-refractivity contribution >= 4 is 38.9 Å². The molecule has 1 N–H and O–H groups in total. The molecule has 3 aromatic rings. The van der Waals surface area contributed by atoms with Crippen LogP contribution >= 0.6 is 23.4 Å². The van der Waals surface area contributed by atoms with E-state index in [0.29, 0.717) is 16.5 Å². The monoisotopic (exact) mass is 468 g/mol. The Bertz CT molecular complexity index is 1260. The molecule has 158 valence electrons. The van der Waals surface area contributed by atoms with Gasteiger partial charge in [0.15, 0.2) is 4.91 Å². The van der Waals surface area contributed by atoms with Crippen LogP contribution in [-0.2, 0) is 15.6 Å². The van der Waals surface area contributed by atoms with Gasteiger partial charge in [-0.05, 0) is 49.2 Å². The third-order valence-corrected chi connectivity index (χ3v) is 7.95. The number of nitriles is 1. The average Bonchev–Trinajstić information content (AvgIpc) is 2.76. The lowest BCUT2D eigenvalue weighted by atomic mass is 10.2. The van der Waals surface area contributed by atoms with Crippen molar-refractivity contribution in [3.8, 4) is 6.07 Å². The van der Waals surface area contributed by atoms with E-state index in [1.165, 1.54) is 23.9 Å². The maximum Gasteiger partial charge on any atom is 0.219 e. The molecule has 3 aromatic carbocycles. The van der Waals surface area contributed by atoms with Crippen LogP contribution in [0.15, 0.2) is 87.6 Å². The summed E-state index contributed by atoms with van der Waals surface area (Å²) in [5.74, 6) is 0.499. The second kappa shape index (κ2) is 10.1. The standard InChI is InChI=1S/C24H21ClN2O2S2/c1-17-8-6-9-19(14-17)16-30-24(27-22-13-7-12-21(25)18(22)2)23(15-26)31(28,29)20-10-4-3-5-11-20/h3-14,27H,16H2,1-2H3. The van der Waals surface area contributed by atoms with Gasteiger partial charge in [-0.25, -0.2) is 8.42 Å². The fourth-order valence-corrected chi connectivity index (χ4v) is 5.63. The van der Waals surface area contributed by atoms with Gasteiger partial charge in [0.1, 0.15) is 11.1 Å². The summed E-state index contributed by atoms with van der Waals surface area (Å²) < 4.78 is 26.5. The number of benzene rings is 3. The summed E-state index contributed by atoms with van der Waals surface area (Å²) in [6.07, 6.45) is 0. The summed E-state index contributed by atoms with van der Waals surface area (Å²) in [4.78, 5) is -0.249. The first-order chi connectivity index (χ1) is 14.8. The van der Waals surface area contributed by atoms with Crippen LogP contribution in [0.1, 0.15) is 16.7 Å². The van der Waals surface area contributed by atoms with Crippen LogP contribution in [-0.4, -0.2) is 8.42 Å². The van der Waals surface area contributed by atoms with Gasteiger partial charge in [0.25, 0.3) is 0 Å². The second-order valence-corrected chi connectivity index (χ2v) is 10.2. The van der Waals surface area contributed by atoms with Gasteiger partial charge in [0.2, 0.25) is 9.84 Å². The van der Waals surface area contributed by atoms with Crippen LogP contribution in [0.4, 0.5) is 5.69 Å². The van der Waals surface area contributed by atoms with E-state index < -0.39 is 9.84 Å². The van der Waals surface area contributed by atoms with Crippen LogP contribution in [0.25, 0.3) is 0 Å². The summed E-state index contributed by atoms with van der Waals surface area (Å²) >= 11 is 7.51. The van der Waals surface area contributed by atoms with E-state index in [4.69, 9.17) is 11.6 Å². The Morgan fingerprint density at radius 2 is 1.74 bits per heavy atom. The zero-order valence-electron chi connectivity index (χ0n) is 17.1. The highest BCUT2D eigenvalue weighted by molar-refractivity contribution is 8.04. The molecule has 4 nitrogen and oxygen atoms in total. The minimum atomic E-state index is -4.00. The van der Waals surface area contributed by atoms with E-state index in [9.17, 15) is 13.7 Å². The van der Waals surface area contributed by atoms with Crippen molar-refractivity contribution in [1.29, 1.82) is 5.26 Å². The van der Waals surface area contributed by atoms with Gasteiger partial charge in [-0.3, -0.25) is 0 Å². The predicted molar refractivity (Wildman–Crippen MR) is 129 cm³/mol. The predicted octanol–water partition coefficient (Wildman–Crippen LogP) is 6.47. The molecule has 0 bridgehead atoms. The van der Waals surface area contributed by atoms with Gasteiger partial charge in [-0.1, -0.05) is 65.7 Å². The third kappa shape index (κ3) is 5.50. The Hall–Kier alpha value is -2.72. The Morgan fingerprint density at radius 3 is 2.42 bits per heavy atom. The van der Waals surface area contributed by atoms with Gasteiger partial charge in [0, 0.05) is 16.5 Å². The van der Waals surface area contributed by atoms with Crippen molar-refractivity contribution in [2.24, 2.45) is 0 Å². The number of nitrogens with zero attached hydrogens (tertiary/aromatic N) is 1. The van der Waals surface area contributed by atoms with E-state index in [0.717, 1.165) is 16.7 Å². The number of anilines is 1. The van der Waals surface area contributed by atoms with Crippen LogP contribution < -0.4 is 5.32 Å². The molecule has 7 heteroatoms. The minimum absolute atomic E-state index is 0.0739. The highest BCUT2D eigenvalue weighted by Gasteiger charge is 2.26. The van der Waals surface area contributed by atoms with Crippen LogP contribution in [0.5, 0.6) is 0 Å². The number of halogens is 1. The van der Waals surface area contributed by atoms with Crippen molar-refractivity contribution in [2.75, 3.05) is 5.32 Å². The van der Waals surface area contributed by atoms with E-state index >= 15 is 0 Å². The summed E-state index contributed by atoms with van der Waals surface area (Å²) in [5.41, 5.74) is 3.56. The summed E-state index contributed by atoms with van der Waals surface area (Å²) in [6.45, 7) is 3.84. The highest BCUT2D eigenvalue weighted by atomic mass is 35.5. The molecule has 0 fully saturated rings. The lowest BCUT2D eigenvalue weighted by Gasteiger charge is -2.16. The number of aryl methyl sites for hydroxylation is 1. The molecule has 0 aliphatic carbocycles. The van der Waals surface area contributed by atoms with Gasteiger partial charge in [-0.15, -0.1) is 11.8 Å². The zero-order valence-corrected chi connectivity index (χ0v) is 19.5. The largest absolute Gasteiger partial charge is 0.348 e. The quantitative estimate of drug-likeness (QED) is 0.402. The zero-order chi connectivity index (χ0) is 22.4. The number of thioether (sulfide) groups is 1. The highest BCUT2D eigenvalue weighted by Crippen LogP contribution is 2.33. The first-order valence-corrected chi connectivity index (χ1v) is 12.3. The molecular weight excluding hydrogens is 448 g/mol. The summed E-state index contributed by atoms with van der Waals surface area (Å²) in [5, 5.41) is 13.8. The smallest absolute Gasteiger partial charge is 0.219 e. The SMILES string of the molecule is Cc1cccc(CSC(Nc2cccc(Cl)c2C)=C(C#N)S(=O)(=O)c2ccccc2)c1. The number of hydrogen-bond acceptors (Lipinski definition) is 5. The molecule has 0 aliphatic rings. The van der Waals surface area contributed by atoms with Crippen molar-refractivity contribution in [2.45, 2.75) is 24.5 Å². The fourth-order valence-electron chi connectivity index (χ4n) is 2.93. The molecule has 0 heterocycles. The molecular formula is C24H21ClN2O2S2. The maximum absolute atomic E-state index is 13.3. The van der Waals surface area contributed by atoms with E-state index in [1.807, 2.05) is 44.2 Å². The Labute approximate surface area is 192 Å². The van der Waals surface area contributed by atoms with E-state index in [2.05, 4.69) is 5.32 Å². The second-order valence-electron chi connectivity index (χ2n) is 6.90. The van der Waals surface area contributed by atoms with Gasteiger partial charge in [0.05, 0.1) is 4.90 Å². The van der Waals surface area contributed by atoms with E-state index in [1.54, 1.807) is 36.4 Å². The lowest BCUT2D eigenvalue weighted by Crippen LogP contribution is -2.11. The Morgan fingerprint density at radius 1 is 1.03 bits per heavy atom. The van der Waals surface area contributed by atoms with Crippen LogP contribution in [0, 0.1) is 25.2 Å². The van der Waals surface area contributed by atoms with Crippen molar-refractivity contribution in [1.82, 2.24) is 0 Å².